The number of allylic oxidation sites excluding steroid dienone is 1. The molecule has 2 aromatic heterocycles. The maximum Gasteiger partial charge on any atom is 0.332 e. The molecule has 0 fully saturated rings. The molecule has 0 saturated carbocycles. The maximum absolute atomic E-state index is 12.6. The summed E-state index contributed by atoms with van der Waals surface area (Å²) in [6.07, 6.45) is 1.34. The van der Waals surface area contributed by atoms with Crippen LogP contribution in [0.5, 0.6) is 11.5 Å². The second kappa shape index (κ2) is 7.06. The Morgan fingerprint density at radius 1 is 1.29 bits per heavy atom. The van der Waals surface area contributed by atoms with Gasteiger partial charge in [-0.2, -0.15) is 10.1 Å². The summed E-state index contributed by atoms with van der Waals surface area (Å²) >= 11 is 0. The van der Waals surface area contributed by atoms with Gasteiger partial charge in [0.15, 0.2) is 11.2 Å². The molecule has 1 aromatic carbocycles. The predicted octanol–water partition coefficient (Wildman–Crippen LogP) is 0.867. The Morgan fingerprint density at radius 2 is 2.00 bits per heavy atom. The van der Waals surface area contributed by atoms with Gasteiger partial charge < -0.3 is 10.2 Å². The molecule has 28 heavy (non-hydrogen) atoms. The van der Waals surface area contributed by atoms with E-state index in [1.807, 2.05) is 0 Å². The second-order valence-electron chi connectivity index (χ2n) is 6.47. The highest BCUT2D eigenvalue weighted by molar-refractivity contribution is 5.84. The molecular formula is C18H20N6O4. The first-order chi connectivity index (χ1) is 13.2. The third kappa shape index (κ3) is 3.27. The Morgan fingerprint density at radius 3 is 2.64 bits per heavy atom. The van der Waals surface area contributed by atoms with Crippen molar-refractivity contribution >= 4 is 23.3 Å². The van der Waals surface area contributed by atoms with Gasteiger partial charge in [0.2, 0.25) is 5.95 Å². The molecule has 2 heterocycles. The standard InChI is InChI=1S/C18H20N6O4/c1-10(2)9-24-14-15(22(3)18(28)23(4)16(14)27)20-17(24)21-19-8-11-5-6-12(25)7-13(11)26/h5-8,25-26H,1,9H2,2-4H3,(H,20,21)/b19-8-. The van der Waals surface area contributed by atoms with Crippen molar-refractivity contribution in [3.63, 3.8) is 0 Å². The van der Waals surface area contributed by atoms with E-state index in [-0.39, 0.29) is 28.6 Å². The Kier molecular flexibility index (Phi) is 4.78. The summed E-state index contributed by atoms with van der Waals surface area (Å²) in [4.78, 5) is 29.1. The van der Waals surface area contributed by atoms with E-state index >= 15 is 0 Å². The lowest BCUT2D eigenvalue weighted by molar-refractivity contribution is 0.450. The topological polar surface area (TPSA) is 127 Å². The zero-order chi connectivity index (χ0) is 20.6. The lowest BCUT2D eigenvalue weighted by Crippen LogP contribution is -2.37. The number of rotatable bonds is 5. The molecule has 0 radical (unpaired) electrons. The van der Waals surface area contributed by atoms with Crippen LogP contribution in [0.3, 0.4) is 0 Å². The molecule has 0 bridgehead atoms. The van der Waals surface area contributed by atoms with Gasteiger partial charge in [0.1, 0.15) is 11.5 Å². The van der Waals surface area contributed by atoms with Crippen molar-refractivity contribution in [3.05, 3.63) is 56.8 Å². The number of aromatic nitrogens is 4. The summed E-state index contributed by atoms with van der Waals surface area (Å²) in [5.74, 6) is 0.0331. The molecule has 3 aromatic rings. The van der Waals surface area contributed by atoms with E-state index in [1.54, 1.807) is 11.5 Å². The molecule has 3 rings (SSSR count). The monoisotopic (exact) mass is 384 g/mol. The summed E-state index contributed by atoms with van der Waals surface area (Å²) in [7, 11) is 2.94. The highest BCUT2D eigenvalue weighted by Gasteiger charge is 2.18. The quantitative estimate of drug-likeness (QED) is 0.340. The Labute approximate surface area is 159 Å². The van der Waals surface area contributed by atoms with Crippen LogP contribution in [0.1, 0.15) is 12.5 Å². The van der Waals surface area contributed by atoms with Crippen LogP contribution >= 0.6 is 0 Å². The SMILES string of the molecule is C=C(C)Cn1c(N/N=C\c2ccc(O)cc2O)nc2c1c(=O)n(C)c(=O)n2C. The molecule has 146 valence electrons. The minimum atomic E-state index is -0.485. The summed E-state index contributed by atoms with van der Waals surface area (Å²) in [6, 6.07) is 4.10. The Balaban J connectivity index is 2.09. The number of nitrogens with zero attached hydrogens (tertiary/aromatic N) is 5. The average molecular weight is 384 g/mol. The second-order valence-corrected chi connectivity index (χ2v) is 6.47. The first kappa shape index (κ1) is 19.0. The number of benzene rings is 1. The van der Waals surface area contributed by atoms with Gasteiger partial charge in [0.05, 0.1) is 6.21 Å². The summed E-state index contributed by atoms with van der Waals surface area (Å²) in [6.45, 7) is 5.97. The number of hydrazone groups is 1. The number of hydrogen-bond donors (Lipinski definition) is 3. The van der Waals surface area contributed by atoms with Gasteiger partial charge in [-0.15, -0.1) is 0 Å². The van der Waals surface area contributed by atoms with E-state index in [0.717, 1.165) is 10.1 Å². The van der Waals surface area contributed by atoms with E-state index in [2.05, 4.69) is 22.1 Å². The van der Waals surface area contributed by atoms with E-state index in [4.69, 9.17) is 0 Å². The van der Waals surface area contributed by atoms with Gasteiger partial charge in [-0.1, -0.05) is 12.2 Å². The zero-order valence-electron chi connectivity index (χ0n) is 15.7. The smallest absolute Gasteiger partial charge is 0.332 e. The number of aryl methyl sites for hydroxylation is 1. The van der Waals surface area contributed by atoms with Gasteiger partial charge in [-0.3, -0.25) is 18.5 Å². The van der Waals surface area contributed by atoms with Crippen LogP contribution in [-0.4, -0.2) is 35.1 Å². The van der Waals surface area contributed by atoms with Crippen LogP contribution in [0.4, 0.5) is 5.95 Å². The third-order valence-electron chi connectivity index (χ3n) is 4.16. The number of aromatic hydroxyl groups is 2. The van der Waals surface area contributed by atoms with Crippen LogP contribution in [-0.2, 0) is 20.6 Å². The number of fused-ring (bicyclic) bond motifs is 1. The number of anilines is 1. The molecule has 10 nitrogen and oxygen atoms in total. The minimum absolute atomic E-state index is 0.0670. The van der Waals surface area contributed by atoms with Gasteiger partial charge in [0, 0.05) is 32.3 Å². The maximum atomic E-state index is 12.6. The van der Waals surface area contributed by atoms with Crippen molar-refractivity contribution in [3.8, 4) is 11.5 Å². The Bertz CT molecular complexity index is 1230. The number of phenolic OH excluding ortho intramolecular Hbond substituents is 2. The Hall–Kier alpha value is -3.82. The van der Waals surface area contributed by atoms with Gasteiger partial charge >= 0.3 is 5.69 Å². The summed E-state index contributed by atoms with van der Waals surface area (Å²) < 4.78 is 3.89. The van der Waals surface area contributed by atoms with E-state index in [1.165, 1.54) is 43.1 Å². The highest BCUT2D eigenvalue weighted by Crippen LogP contribution is 2.21. The fourth-order valence-electron chi connectivity index (χ4n) is 2.76. The van der Waals surface area contributed by atoms with Crippen molar-refractivity contribution < 1.29 is 10.2 Å². The van der Waals surface area contributed by atoms with Crippen molar-refractivity contribution in [2.45, 2.75) is 13.5 Å². The van der Waals surface area contributed by atoms with Crippen LogP contribution in [0, 0.1) is 0 Å². The lowest BCUT2D eigenvalue weighted by atomic mass is 10.2. The highest BCUT2D eigenvalue weighted by atomic mass is 16.3. The molecule has 0 amide bonds. The normalized spacial score (nSPS) is 11.4. The molecule has 10 heteroatoms. The number of imidazole rings is 1. The van der Waals surface area contributed by atoms with Crippen LogP contribution in [0.2, 0.25) is 0 Å². The zero-order valence-corrected chi connectivity index (χ0v) is 15.7. The molecule has 0 spiro atoms. The van der Waals surface area contributed by atoms with Gasteiger partial charge in [0.25, 0.3) is 5.56 Å². The van der Waals surface area contributed by atoms with E-state index in [0.29, 0.717) is 12.1 Å². The minimum Gasteiger partial charge on any atom is -0.508 e. The number of hydrogen-bond acceptors (Lipinski definition) is 7. The van der Waals surface area contributed by atoms with Crippen LogP contribution < -0.4 is 16.7 Å². The van der Waals surface area contributed by atoms with Crippen molar-refractivity contribution in [2.75, 3.05) is 5.43 Å². The summed E-state index contributed by atoms with van der Waals surface area (Å²) in [5.41, 5.74) is 3.40. The molecular weight excluding hydrogens is 364 g/mol. The van der Waals surface area contributed by atoms with Crippen molar-refractivity contribution in [2.24, 2.45) is 19.2 Å². The lowest BCUT2D eigenvalue weighted by Gasteiger charge is -2.08. The molecule has 0 unspecified atom stereocenters. The van der Waals surface area contributed by atoms with Gasteiger partial charge in [-0.25, -0.2) is 10.2 Å². The van der Waals surface area contributed by atoms with Crippen molar-refractivity contribution in [1.29, 1.82) is 0 Å². The first-order valence-corrected chi connectivity index (χ1v) is 8.32. The third-order valence-corrected chi connectivity index (χ3v) is 4.16. The molecule has 0 aliphatic rings. The molecule has 0 aliphatic heterocycles. The largest absolute Gasteiger partial charge is 0.508 e. The van der Waals surface area contributed by atoms with Crippen LogP contribution in [0.15, 0.2) is 45.0 Å². The molecule has 0 saturated heterocycles. The summed E-state index contributed by atoms with van der Waals surface area (Å²) in [5, 5.41) is 23.2. The average Bonchev–Trinajstić information content (AvgIpc) is 2.98. The molecule has 0 aliphatic carbocycles. The number of phenols is 2. The van der Waals surface area contributed by atoms with E-state index in [9.17, 15) is 19.8 Å². The molecule has 3 N–H and O–H groups in total. The molecule has 0 atom stereocenters. The number of nitrogens with one attached hydrogen (secondary N) is 1. The van der Waals surface area contributed by atoms with E-state index < -0.39 is 11.2 Å². The first-order valence-electron chi connectivity index (χ1n) is 8.32. The van der Waals surface area contributed by atoms with Gasteiger partial charge in [-0.05, 0) is 19.1 Å². The fraction of sp³-hybridized carbons (Fsp3) is 0.222. The van der Waals surface area contributed by atoms with Crippen molar-refractivity contribution in [1.82, 2.24) is 18.7 Å². The predicted molar refractivity (Wildman–Crippen MR) is 106 cm³/mol. The fourth-order valence-corrected chi connectivity index (χ4v) is 2.76. The van der Waals surface area contributed by atoms with Crippen LogP contribution in [0.25, 0.3) is 11.2 Å².